The first kappa shape index (κ1) is 20.9. The molecule has 158 valence electrons. The number of amides is 2. The lowest BCUT2D eigenvalue weighted by molar-refractivity contribution is 0.249. The zero-order valence-electron chi connectivity index (χ0n) is 16.2. The molecule has 2 aromatic carbocycles. The molecule has 2 unspecified atom stereocenters. The molecular formula is C20H22N4O4S2. The van der Waals surface area contributed by atoms with Gasteiger partial charge in [-0.3, -0.25) is 0 Å². The monoisotopic (exact) mass is 446 g/mol. The first-order chi connectivity index (χ1) is 14.5. The van der Waals surface area contributed by atoms with Gasteiger partial charge in [0.1, 0.15) is 11.0 Å². The van der Waals surface area contributed by atoms with Gasteiger partial charge in [-0.25, -0.2) is 22.9 Å². The lowest BCUT2D eigenvalue weighted by atomic mass is 10.1. The van der Waals surface area contributed by atoms with Crippen LogP contribution in [0.4, 0.5) is 4.79 Å². The average molecular weight is 447 g/mol. The molecule has 0 bridgehead atoms. The fourth-order valence-corrected chi connectivity index (χ4v) is 5.55. The largest absolute Gasteiger partial charge is 0.350 e. The number of nitrogens with one attached hydrogen (secondary N) is 1. The molecule has 30 heavy (non-hydrogen) atoms. The van der Waals surface area contributed by atoms with Crippen molar-refractivity contribution in [1.29, 1.82) is 0 Å². The second-order valence-corrected chi connectivity index (χ2v) is 9.65. The van der Waals surface area contributed by atoms with Crippen molar-refractivity contribution in [3.63, 3.8) is 0 Å². The first-order valence-corrected chi connectivity index (χ1v) is 11.9. The summed E-state index contributed by atoms with van der Waals surface area (Å²) in [4.78, 5) is 12.1. The molecule has 2 atom stereocenters. The van der Waals surface area contributed by atoms with Crippen molar-refractivity contribution < 1.29 is 17.8 Å². The smallest absolute Gasteiger partial charge is 0.332 e. The van der Waals surface area contributed by atoms with Crippen molar-refractivity contribution in [2.45, 2.75) is 35.5 Å². The summed E-state index contributed by atoms with van der Waals surface area (Å²) in [5.41, 5.74) is 10.8. The Bertz CT molecular complexity index is 1080. The van der Waals surface area contributed by atoms with Crippen LogP contribution in [0, 0.1) is 0 Å². The summed E-state index contributed by atoms with van der Waals surface area (Å²) in [5.74, 6) is 0. The van der Waals surface area contributed by atoms with E-state index in [4.69, 9.17) is 5.73 Å². The molecule has 1 aliphatic carbocycles. The van der Waals surface area contributed by atoms with Gasteiger partial charge < -0.3 is 10.3 Å². The average Bonchev–Trinajstić information content (AvgIpc) is 2.87. The maximum absolute atomic E-state index is 13.2. The van der Waals surface area contributed by atoms with Gasteiger partial charge in [-0.05, 0) is 48.2 Å². The number of nitrogens with zero attached hydrogens (tertiary/aromatic N) is 2. The quantitative estimate of drug-likeness (QED) is 0.421. The van der Waals surface area contributed by atoms with Crippen LogP contribution in [-0.4, -0.2) is 42.1 Å². The van der Waals surface area contributed by atoms with Crippen LogP contribution >= 0.6 is 0 Å². The predicted molar refractivity (Wildman–Crippen MR) is 116 cm³/mol. The Labute approximate surface area is 179 Å². The van der Waals surface area contributed by atoms with Crippen LogP contribution in [0.2, 0.25) is 0 Å². The Balaban J connectivity index is 1.77. The minimum atomic E-state index is -2.15. The molecule has 4 rings (SSSR count). The molecule has 1 aliphatic heterocycles. The molecule has 1 fully saturated rings. The van der Waals surface area contributed by atoms with Crippen LogP contribution in [0.25, 0.3) is 11.1 Å². The van der Waals surface area contributed by atoms with Crippen LogP contribution in [0.1, 0.15) is 36.8 Å². The molecule has 4 N–H and O–H groups in total. The van der Waals surface area contributed by atoms with Gasteiger partial charge in [0, 0.05) is 24.2 Å². The maximum Gasteiger partial charge on any atom is 0.332 e. The van der Waals surface area contributed by atoms with E-state index < -0.39 is 28.1 Å². The van der Waals surface area contributed by atoms with Crippen molar-refractivity contribution in [3.8, 4) is 11.1 Å². The van der Waals surface area contributed by atoms with E-state index in [-0.39, 0.29) is 4.90 Å². The number of hydrogen-bond donors (Lipinski definition) is 3. The number of primary amides is 1. The Morgan fingerprint density at radius 1 is 0.933 bits per heavy atom. The number of nitrogens with two attached hydrogens (primary N) is 1. The van der Waals surface area contributed by atoms with Crippen molar-refractivity contribution in [1.82, 2.24) is 9.73 Å². The van der Waals surface area contributed by atoms with Gasteiger partial charge in [-0.15, -0.1) is 0 Å². The van der Waals surface area contributed by atoms with E-state index in [0.717, 1.165) is 49.9 Å². The second-order valence-electron chi connectivity index (χ2n) is 7.19. The van der Waals surface area contributed by atoms with Gasteiger partial charge in [0.2, 0.25) is 0 Å². The summed E-state index contributed by atoms with van der Waals surface area (Å²) in [6, 6.07) is 9.60. The first-order valence-electron chi connectivity index (χ1n) is 9.66. The minimum Gasteiger partial charge on any atom is -0.350 e. The molecule has 10 heteroatoms. The molecule has 0 radical (unpaired) electrons. The lowest BCUT2D eigenvalue weighted by Gasteiger charge is -2.19. The van der Waals surface area contributed by atoms with Gasteiger partial charge in [0.25, 0.3) is 0 Å². The fourth-order valence-electron chi connectivity index (χ4n) is 3.86. The van der Waals surface area contributed by atoms with Crippen LogP contribution in [-0.2, 0) is 22.1 Å². The molecule has 2 aromatic rings. The van der Waals surface area contributed by atoms with Crippen molar-refractivity contribution in [2.24, 2.45) is 10.8 Å². The number of hydrogen-bond acceptors (Lipinski definition) is 4. The van der Waals surface area contributed by atoms with E-state index in [9.17, 15) is 17.8 Å². The molecule has 1 saturated heterocycles. The summed E-state index contributed by atoms with van der Waals surface area (Å²) < 4.78 is 36.2. The number of carbonyl (C=O) groups excluding carboxylic acids is 1. The maximum atomic E-state index is 13.2. The van der Waals surface area contributed by atoms with Crippen LogP contribution in [0.3, 0.4) is 0 Å². The Morgan fingerprint density at radius 3 is 2.07 bits per heavy atom. The van der Waals surface area contributed by atoms with Gasteiger partial charge in [0.05, 0.1) is 15.5 Å². The Morgan fingerprint density at radius 2 is 1.50 bits per heavy atom. The summed E-state index contributed by atoms with van der Waals surface area (Å²) >= 11 is -2.15. The molecular weight excluding hydrogens is 424 g/mol. The summed E-state index contributed by atoms with van der Waals surface area (Å²) in [6.07, 6.45) is 4.35. The lowest BCUT2D eigenvalue weighted by Crippen LogP contribution is -2.27. The highest BCUT2D eigenvalue weighted by atomic mass is 32.2. The second kappa shape index (κ2) is 8.76. The zero-order valence-corrected chi connectivity index (χ0v) is 17.8. The van der Waals surface area contributed by atoms with Crippen molar-refractivity contribution in [2.75, 3.05) is 13.1 Å². The number of urea groups is 1. The van der Waals surface area contributed by atoms with Gasteiger partial charge in [-0.1, -0.05) is 25.0 Å². The molecule has 8 nitrogen and oxygen atoms in total. The highest BCUT2D eigenvalue weighted by molar-refractivity contribution is 7.82. The van der Waals surface area contributed by atoms with Crippen molar-refractivity contribution >= 4 is 33.8 Å². The Hall–Kier alpha value is -2.40. The number of fused-ring (bicyclic) bond motifs is 3. The summed E-state index contributed by atoms with van der Waals surface area (Å²) in [7, 11) is -1.30. The molecule has 1 heterocycles. The van der Waals surface area contributed by atoms with Crippen LogP contribution in [0.15, 0.2) is 51.3 Å². The van der Waals surface area contributed by atoms with E-state index >= 15 is 0 Å². The highest BCUT2D eigenvalue weighted by Gasteiger charge is 2.28. The SMILES string of the molecule is NC(=O)N/N=C1\c2cc(S(=O)O)ccc2-c2ccc(S(=O)N3CCCCCC3)cc21. The third-order valence-electron chi connectivity index (χ3n) is 5.26. The molecule has 0 aromatic heterocycles. The van der Waals surface area contributed by atoms with Gasteiger partial charge >= 0.3 is 6.03 Å². The fraction of sp³-hybridized carbons (Fsp3) is 0.300. The molecule has 2 amide bonds. The molecule has 0 spiro atoms. The number of hydrazone groups is 1. The van der Waals surface area contributed by atoms with Crippen LogP contribution < -0.4 is 11.2 Å². The molecule has 0 saturated carbocycles. The number of benzene rings is 2. The number of rotatable bonds is 4. The topological polar surface area (TPSA) is 125 Å². The van der Waals surface area contributed by atoms with E-state index in [1.54, 1.807) is 18.2 Å². The van der Waals surface area contributed by atoms with Crippen LogP contribution in [0.5, 0.6) is 0 Å². The standard InChI is InChI=1S/C20H22N4O4S2/c21-20(25)23-22-19-17-11-13(29(26)24-9-3-1-2-4-10-24)5-7-15(17)16-8-6-14(30(27)28)12-18(16)19/h5-8,11-12H,1-4,9-10H2,(H,27,28)(H3,21,23,25)/b22-19-. The predicted octanol–water partition coefficient (Wildman–Crippen LogP) is 2.57. The van der Waals surface area contributed by atoms with E-state index in [1.165, 1.54) is 0 Å². The third-order valence-corrected chi connectivity index (χ3v) is 7.41. The minimum absolute atomic E-state index is 0.224. The molecule has 2 aliphatic rings. The Kier molecular flexibility index (Phi) is 6.09. The van der Waals surface area contributed by atoms with E-state index in [2.05, 4.69) is 10.5 Å². The summed E-state index contributed by atoms with van der Waals surface area (Å²) in [5, 5.41) is 4.13. The summed E-state index contributed by atoms with van der Waals surface area (Å²) in [6.45, 7) is 1.58. The van der Waals surface area contributed by atoms with Gasteiger partial charge in [0.15, 0.2) is 11.1 Å². The van der Waals surface area contributed by atoms with E-state index in [1.807, 2.05) is 22.5 Å². The third kappa shape index (κ3) is 4.08. The van der Waals surface area contributed by atoms with Crippen molar-refractivity contribution in [3.05, 3.63) is 47.5 Å². The zero-order chi connectivity index (χ0) is 21.3. The highest BCUT2D eigenvalue weighted by Crippen LogP contribution is 2.39. The van der Waals surface area contributed by atoms with E-state index in [0.29, 0.717) is 21.7 Å². The number of carbonyl (C=O) groups is 1. The normalized spacial score (nSPS) is 19.6. The van der Waals surface area contributed by atoms with Gasteiger partial charge in [-0.2, -0.15) is 5.10 Å².